The first-order valence-corrected chi connectivity index (χ1v) is 40.6. The van der Waals surface area contributed by atoms with Gasteiger partial charge in [0.25, 0.3) is 0 Å². The van der Waals surface area contributed by atoms with Gasteiger partial charge in [-0.25, -0.2) is 13.2 Å². The standard InChI is InChI=1S/C76H126F5N7O34/c1-47(92)85-66-50(119-53(41-89)69(100)72(66)103)7-4-18-106-29-34-111-26-15-82-56(95)10-22-116-44-76(45-117-23-11-57(96)83-16-27-112-35-30-107-19-5-8-51-67(86-48(2)93)73(104)70(101)54(42-90)120-51,46-118-24-12-58(97)84-17-28-113-36-31-108-20-6-9-52-68(87-49(3)94)74(105)71(102)55(43-91)121-52)88-59(98)13-21-109-32-37-114-39-40-115-38-33-110-25-14-60(99)122-75-64(80)62(78)61(77)63(79)65(75)81/h50-55,66-74,89-91,100-105H,4-46H2,1-3H3,(H,82,95)(H,83,96)(H,84,97)(H,85,92)(H,86,93)(H,87,94)(H,88,98)/t50-,51-,52-,53-,54-,55-,66+,67+,68+,69+,70+,71+,72-,73-,74-/m1/s1. The summed E-state index contributed by atoms with van der Waals surface area (Å²) in [5, 5.41) is 110. The molecule has 4 rings (SSSR count). The normalized spacial score (nSPS) is 22.9. The maximum Gasteiger partial charge on any atom is 0.313 e. The van der Waals surface area contributed by atoms with E-state index < -0.39 is 205 Å². The van der Waals surface area contributed by atoms with Crippen molar-refractivity contribution in [2.45, 2.75) is 188 Å². The number of esters is 1. The molecule has 3 fully saturated rings. The molecule has 16 N–H and O–H groups in total. The Bertz CT molecular complexity index is 2920. The summed E-state index contributed by atoms with van der Waals surface area (Å²) in [6.07, 6.45) is -12.5. The first kappa shape index (κ1) is 108. The van der Waals surface area contributed by atoms with Gasteiger partial charge in [-0.2, -0.15) is 8.78 Å². The van der Waals surface area contributed by atoms with Crippen LogP contribution in [0, 0.1) is 29.1 Å². The number of amides is 7. The second-order valence-electron chi connectivity index (χ2n) is 28.5. The molecule has 41 nitrogen and oxygen atoms in total. The topological polar surface area (TPSA) is 560 Å². The van der Waals surface area contributed by atoms with Crippen molar-refractivity contribution in [1.29, 1.82) is 0 Å². The van der Waals surface area contributed by atoms with Gasteiger partial charge in [-0.15, -0.1) is 0 Å². The van der Waals surface area contributed by atoms with Crippen LogP contribution in [0.3, 0.4) is 0 Å². The highest BCUT2D eigenvalue weighted by Gasteiger charge is 2.47. The molecule has 1 aromatic carbocycles. The summed E-state index contributed by atoms with van der Waals surface area (Å²) in [7, 11) is 0. The molecule has 3 heterocycles. The molecule has 0 radical (unpaired) electrons. The minimum absolute atomic E-state index is 0.00347. The molecule has 704 valence electrons. The Morgan fingerprint density at radius 1 is 0.320 bits per heavy atom. The van der Waals surface area contributed by atoms with Crippen molar-refractivity contribution in [3.8, 4) is 5.75 Å². The van der Waals surface area contributed by atoms with Crippen LogP contribution in [-0.2, 0) is 114 Å². The lowest BCUT2D eigenvalue weighted by Crippen LogP contribution is -2.63. The van der Waals surface area contributed by atoms with Crippen molar-refractivity contribution in [3.05, 3.63) is 29.1 Å². The van der Waals surface area contributed by atoms with Gasteiger partial charge in [0, 0.05) is 85.9 Å². The van der Waals surface area contributed by atoms with Crippen LogP contribution in [0.25, 0.3) is 0 Å². The van der Waals surface area contributed by atoms with Crippen molar-refractivity contribution >= 4 is 47.3 Å². The number of halogens is 5. The molecule has 0 saturated carbocycles. The van der Waals surface area contributed by atoms with Gasteiger partial charge < -0.3 is 164 Å². The van der Waals surface area contributed by atoms with Crippen LogP contribution in [-0.4, -0.2) is 401 Å². The molecule has 7 amide bonds. The average molecular weight is 1780 g/mol. The SMILES string of the molecule is CC(=O)N[C@@H]1[C@@H](O)[C@@H](O)[C@@H](CO)O[C@@H]1CCCOCCOCCNC(=O)CCOCC(COCCC(=O)NCCOCCOCCC[C@H]1O[C@H](CO)[C@H](O)[C@H](O)[C@H]1NC(C)=O)(COCCC(=O)NCCOCCOCCC[C@H]1O[C@H](CO)[C@H](O)[C@H](O)[C@H]1NC(C)=O)NC(=O)CCOCCOCCOCCOCCC(=O)Oc1c(F)c(F)c(F)c(F)c1F. The Morgan fingerprint density at radius 2 is 0.574 bits per heavy atom. The van der Waals surface area contributed by atoms with Crippen LogP contribution in [0.15, 0.2) is 0 Å². The van der Waals surface area contributed by atoms with Gasteiger partial charge in [-0.05, 0) is 38.5 Å². The number of nitrogens with one attached hydrogen (secondary N) is 7. The molecule has 0 aliphatic carbocycles. The van der Waals surface area contributed by atoms with Crippen molar-refractivity contribution in [1.82, 2.24) is 37.2 Å². The number of carbonyl (C=O) groups is 8. The first-order chi connectivity index (χ1) is 58.6. The number of rotatable bonds is 68. The number of carbonyl (C=O) groups excluding carboxylic acids is 8. The Balaban J connectivity index is 1.28. The fraction of sp³-hybridized carbons (Fsp3) is 0.816. The van der Waals surface area contributed by atoms with Crippen molar-refractivity contribution in [2.24, 2.45) is 0 Å². The van der Waals surface area contributed by atoms with Crippen molar-refractivity contribution in [3.63, 3.8) is 0 Å². The van der Waals surface area contributed by atoms with E-state index in [1.165, 1.54) is 20.8 Å². The molecule has 0 aromatic heterocycles. The molecule has 122 heavy (non-hydrogen) atoms. The van der Waals surface area contributed by atoms with E-state index in [9.17, 15) is 106 Å². The molecule has 0 spiro atoms. The van der Waals surface area contributed by atoms with Crippen LogP contribution < -0.4 is 42.0 Å². The monoisotopic (exact) mass is 1780 g/mol. The van der Waals surface area contributed by atoms with E-state index in [1.807, 2.05) is 0 Å². The van der Waals surface area contributed by atoms with Gasteiger partial charge >= 0.3 is 5.97 Å². The molecular formula is C76H126F5N7O34. The van der Waals surface area contributed by atoms with Crippen LogP contribution in [0.2, 0.25) is 0 Å². The highest BCUT2D eigenvalue weighted by molar-refractivity contribution is 5.78. The number of hydrogen-bond donors (Lipinski definition) is 16. The zero-order chi connectivity index (χ0) is 89.6. The lowest BCUT2D eigenvalue weighted by molar-refractivity contribution is -0.197. The summed E-state index contributed by atoms with van der Waals surface area (Å²) < 4.78 is 163. The van der Waals surface area contributed by atoms with Gasteiger partial charge in [0.2, 0.25) is 76.2 Å². The first-order valence-electron chi connectivity index (χ1n) is 40.6. The zero-order valence-corrected chi connectivity index (χ0v) is 69.2. The Labute approximate surface area is 703 Å². The lowest BCUT2D eigenvalue weighted by Gasteiger charge is -2.42. The average Bonchev–Trinajstić information content (AvgIpc) is 0.749. The van der Waals surface area contributed by atoms with E-state index in [-0.39, 0.29) is 217 Å². The van der Waals surface area contributed by atoms with E-state index in [4.69, 9.17) is 75.8 Å². The number of hydrogen-bond acceptors (Lipinski definition) is 34. The third kappa shape index (κ3) is 42.3. The van der Waals surface area contributed by atoms with Gasteiger partial charge in [-0.3, -0.25) is 38.4 Å². The summed E-state index contributed by atoms with van der Waals surface area (Å²) in [6.45, 7) is 2.80. The van der Waals surface area contributed by atoms with Crippen molar-refractivity contribution in [2.75, 3.05) is 211 Å². The Hall–Kier alpha value is -6.37. The van der Waals surface area contributed by atoms with Gasteiger partial charge in [0.15, 0.2) is 0 Å². The summed E-state index contributed by atoms with van der Waals surface area (Å²) >= 11 is 0. The number of benzene rings is 1. The van der Waals surface area contributed by atoms with Gasteiger partial charge in [0.1, 0.15) is 60.5 Å². The third-order valence-electron chi connectivity index (χ3n) is 18.7. The van der Waals surface area contributed by atoms with E-state index in [2.05, 4.69) is 42.0 Å². The zero-order valence-electron chi connectivity index (χ0n) is 69.2. The predicted molar refractivity (Wildman–Crippen MR) is 409 cm³/mol. The predicted octanol–water partition coefficient (Wildman–Crippen LogP) is -5.04. The van der Waals surface area contributed by atoms with Crippen LogP contribution >= 0.6 is 0 Å². The Morgan fingerprint density at radius 3 is 0.869 bits per heavy atom. The summed E-state index contributed by atoms with van der Waals surface area (Å²) in [5.41, 5.74) is -1.53. The lowest BCUT2D eigenvalue weighted by atomic mass is 9.90. The molecule has 3 aliphatic rings. The third-order valence-corrected chi connectivity index (χ3v) is 18.7. The minimum atomic E-state index is -2.41. The number of aliphatic hydroxyl groups is 9. The van der Waals surface area contributed by atoms with Gasteiger partial charge in [0.05, 0.1) is 215 Å². The molecule has 3 aliphatic heterocycles. The van der Waals surface area contributed by atoms with E-state index in [0.29, 0.717) is 38.5 Å². The van der Waals surface area contributed by atoms with E-state index >= 15 is 0 Å². The van der Waals surface area contributed by atoms with Crippen LogP contribution in [0.5, 0.6) is 5.75 Å². The Kier molecular flexibility index (Phi) is 55.5. The maximum atomic E-state index is 13.9. The molecule has 46 heteroatoms. The second-order valence-corrected chi connectivity index (χ2v) is 28.5. The van der Waals surface area contributed by atoms with Gasteiger partial charge in [-0.1, -0.05) is 0 Å². The molecular weight excluding hydrogens is 1650 g/mol. The van der Waals surface area contributed by atoms with Crippen molar-refractivity contribution < 1.29 is 187 Å². The van der Waals surface area contributed by atoms with Crippen LogP contribution in [0.4, 0.5) is 22.0 Å². The number of aliphatic hydroxyl groups excluding tert-OH is 9. The highest BCUT2D eigenvalue weighted by atomic mass is 19.2. The largest absolute Gasteiger partial charge is 0.420 e. The molecule has 3 saturated heterocycles. The smallest absolute Gasteiger partial charge is 0.313 e. The fourth-order valence-electron chi connectivity index (χ4n) is 12.5. The highest BCUT2D eigenvalue weighted by Crippen LogP contribution is 2.31. The molecule has 0 bridgehead atoms. The quantitative estimate of drug-likeness (QED) is 0.00725. The second kappa shape index (κ2) is 62.7. The van der Waals surface area contributed by atoms with E-state index in [0.717, 1.165) is 0 Å². The summed E-state index contributed by atoms with van der Waals surface area (Å²) in [5.74, 6) is -17.8. The molecule has 1 aromatic rings. The molecule has 0 unspecified atom stereocenters. The fourth-order valence-corrected chi connectivity index (χ4v) is 12.5. The van der Waals surface area contributed by atoms with Crippen LogP contribution in [0.1, 0.15) is 91.4 Å². The summed E-state index contributed by atoms with van der Waals surface area (Å²) in [6, 6.07) is -2.72. The maximum absolute atomic E-state index is 13.9. The number of ether oxygens (including phenoxy) is 17. The summed E-state index contributed by atoms with van der Waals surface area (Å²) in [4.78, 5) is 100. The molecule has 15 atom stereocenters. The minimum Gasteiger partial charge on any atom is -0.420 e. The van der Waals surface area contributed by atoms with E-state index in [1.54, 1.807) is 0 Å².